The van der Waals surface area contributed by atoms with Crippen LogP contribution in [-0.4, -0.2) is 12.5 Å². The number of fused-ring (bicyclic) bond motifs is 1. The number of ether oxygens (including phenoxy) is 1. The van der Waals surface area contributed by atoms with Gasteiger partial charge in [0, 0.05) is 28.2 Å². The highest BCUT2D eigenvalue weighted by atomic mass is 32.1. The number of benzene rings is 2. The van der Waals surface area contributed by atoms with E-state index in [4.69, 9.17) is 4.74 Å². The fourth-order valence-electron chi connectivity index (χ4n) is 3.30. The number of rotatable bonds is 4. The minimum atomic E-state index is -0.269. The van der Waals surface area contributed by atoms with E-state index in [1.165, 1.54) is 12.1 Å². The molecule has 1 amide bonds. The highest BCUT2D eigenvalue weighted by molar-refractivity contribution is 7.11. The van der Waals surface area contributed by atoms with E-state index < -0.39 is 0 Å². The first kappa shape index (κ1) is 16.8. The third-order valence-corrected chi connectivity index (χ3v) is 5.63. The van der Waals surface area contributed by atoms with Crippen LogP contribution in [-0.2, 0) is 4.79 Å². The second-order valence-electron chi connectivity index (χ2n) is 6.20. The number of nitrogens with one attached hydrogen (secondary N) is 1. The molecule has 0 spiro atoms. The molecular formula is C21H18FNO2S. The fourth-order valence-corrected chi connectivity index (χ4v) is 4.46. The summed E-state index contributed by atoms with van der Waals surface area (Å²) in [5.74, 6) is 0.579. The van der Waals surface area contributed by atoms with Gasteiger partial charge in [-0.05, 0) is 42.3 Å². The maximum atomic E-state index is 13.2. The maximum absolute atomic E-state index is 13.2. The monoisotopic (exact) mass is 367 g/mol. The quantitative estimate of drug-likeness (QED) is 0.668. The van der Waals surface area contributed by atoms with Crippen LogP contribution < -0.4 is 10.1 Å². The number of anilines is 1. The van der Waals surface area contributed by atoms with Crippen LogP contribution in [0.3, 0.4) is 0 Å². The summed E-state index contributed by atoms with van der Waals surface area (Å²) in [7, 11) is 0. The van der Waals surface area contributed by atoms with Gasteiger partial charge < -0.3 is 10.1 Å². The Morgan fingerprint density at radius 1 is 1.15 bits per heavy atom. The number of carbonyl (C=O) groups excluding carboxylic acids is 1. The molecule has 1 aromatic heterocycles. The van der Waals surface area contributed by atoms with Crippen molar-refractivity contribution in [1.82, 2.24) is 0 Å². The molecule has 2 heterocycles. The zero-order valence-electron chi connectivity index (χ0n) is 14.3. The zero-order chi connectivity index (χ0) is 18.1. The van der Waals surface area contributed by atoms with E-state index in [1.54, 1.807) is 23.5 Å². The van der Waals surface area contributed by atoms with Gasteiger partial charge in [-0.1, -0.05) is 24.3 Å². The Morgan fingerprint density at radius 2 is 1.88 bits per heavy atom. The Balaban J connectivity index is 1.72. The van der Waals surface area contributed by atoms with Crippen LogP contribution in [0.25, 0.3) is 11.1 Å². The third-order valence-electron chi connectivity index (χ3n) is 4.54. The molecular weight excluding hydrogens is 349 g/mol. The Kier molecular flexibility index (Phi) is 4.47. The number of amides is 1. The maximum Gasteiger partial charge on any atom is 0.225 e. The van der Waals surface area contributed by atoms with Crippen LogP contribution in [0, 0.1) is 5.82 Å². The highest BCUT2D eigenvalue weighted by Crippen LogP contribution is 2.46. The van der Waals surface area contributed by atoms with Crippen molar-refractivity contribution >= 4 is 22.9 Å². The van der Waals surface area contributed by atoms with E-state index in [-0.39, 0.29) is 17.6 Å². The van der Waals surface area contributed by atoms with Crippen molar-refractivity contribution in [2.24, 2.45) is 0 Å². The highest BCUT2D eigenvalue weighted by Gasteiger charge is 2.30. The second-order valence-corrected chi connectivity index (χ2v) is 7.11. The van der Waals surface area contributed by atoms with Gasteiger partial charge in [0.15, 0.2) is 0 Å². The summed E-state index contributed by atoms with van der Waals surface area (Å²) >= 11 is 1.63. The molecule has 3 nitrogen and oxygen atoms in total. The molecule has 1 aliphatic rings. The van der Waals surface area contributed by atoms with Gasteiger partial charge in [0.1, 0.15) is 11.6 Å². The first-order valence-electron chi connectivity index (χ1n) is 8.55. The average Bonchev–Trinajstić information content (AvgIpc) is 3.06. The van der Waals surface area contributed by atoms with Gasteiger partial charge in [-0.3, -0.25) is 4.79 Å². The molecule has 2 aromatic carbocycles. The number of thiophene rings is 1. The van der Waals surface area contributed by atoms with Gasteiger partial charge >= 0.3 is 0 Å². The Labute approximate surface area is 155 Å². The summed E-state index contributed by atoms with van der Waals surface area (Å²) in [4.78, 5) is 13.5. The minimum absolute atomic E-state index is 0.00172. The molecule has 0 bridgehead atoms. The van der Waals surface area contributed by atoms with Crippen LogP contribution in [0.15, 0.2) is 53.9 Å². The lowest BCUT2D eigenvalue weighted by molar-refractivity contribution is -0.116. The molecule has 1 aliphatic heterocycles. The topological polar surface area (TPSA) is 38.3 Å². The van der Waals surface area contributed by atoms with Gasteiger partial charge in [0.05, 0.1) is 12.3 Å². The van der Waals surface area contributed by atoms with Gasteiger partial charge in [-0.15, -0.1) is 11.3 Å². The third kappa shape index (κ3) is 3.10. The first-order chi connectivity index (χ1) is 12.7. The summed E-state index contributed by atoms with van der Waals surface area (Å²) in [6, 6.07) is 14.3. The normalized spacial score (nSPS) is 16.1. The van der Waals surface area contributed by atoms with E-state index in [0.29, 0.717) is 13.0 Å². The molecule has 3 aromatic rings. The molecule has 132 valence electrons. The summed E-state index contributed by atoms with van der Waals surface area (Å²) < 4.78 is 18.7. The van der Waals surface area contributed by atoms with E-state index in [9.17, 15) is 9.18 Å². The van der Waals surface area contributed by atoms with E-state index in [0.717, 1.165) is 33.0 Å². The van der Waals surface area contributed by atoms with Gasteiger partial charge in [0.25, 0.3) is 0 Å². The van der Waals surface area contributed by atoms with Crippen molar-refractivity contribution in [3.05, 3.63) is 70.2 Å². The lowest BCUT2D eigenvalue weighted by atomic mass is 9.89. The molecule has 0 saturated heterocycles. The lowest BCUT2D eigenvalue weighted by Gasteiger charge is -2.24. The van der Waals surface area contributed by atoms with Crippen molar-refractivity contribution in [1.29, 1.82) is 0 Å². The molecule has 1 atom stereocenters. The molecule has 5 heteroatoms. The van der Waals surface area contributed by atoms with Gasteiger partial charge in [-0.25, -0.2) is 4.39 Å². The molecule has 0 unspecified atom stereocenters. The van der Waals surface area contributed by atoms with Crippen LogP contribution in [0.4, 0.5) is 10.1 Å². The Morgan fingerprint density at radius 3 is 2.58 bits per heavy atom. The molecule has 1 N–H and O–H groups in total. The fraction of sp³-hybridized carbons (Fsp3) is 0.190. The van der Waals surface area contributed by atoms with Crippen molar-refractivity contribution in [2.75, 3.05) is 11.9 Å². The summed E-state index contributed by atoms with van der Waals surface area (Å²) in [5.41, 5.74) is 3.78. The summed E-state index contributed by atoms with van der Waals surface area (Å²) in [5, 5.41) is 5.04. The second kappa shape index (κ2) is 6.92. The van der Waals surface area contributed by atoms with Crippen LogP contribution >= 0.6 is 11.3 Å². The van der Waals surface area contributed by atoms with Crippen molar-refractivity contribution in [2.45, 2.75) is 19.3 Å². The first-order valence-corrected chi connectivity index (χ1v) is 9.43. The predicted molar refractivity (Wildman–Crippen MR) is 102 cm³/mol. The minimum Gasteiger partial charge on any atom is -0.494 e. The number of carbonyl (C=O) groups is 1. The number of hydrogen-bond acceptors (Lipinski definition) is 3. The molecule has 0 fully saturated rings. The molecule has 0 radical (unpaired) electrons. The molecule has 4 rings (SSSR count). The van der Waals surface area contributed by atoms with Gasteiger partial charge in [-0.2, -0.15) is 0 Å². The van der Waals surface area contributed by atoms with Crippen molar-refractivity contribution in [3.8, 4) is 16.9 Å². The summed E-state index contributed by atoms with van der Waals surface area (Å²) in [6.07, 6.45) is 0.421. The van der Waals surface area contributed by atoms with Crippen LogP contribution in [0.5, 0.6) is 5.75 Å². The van der Waals surface area contributed by atoms with E-state index >= 15 is 0 Å². The van der Waals surface area contributed by atoms with Crippen molar-refractivity contribution < 1.29 is 13.9 Å². The summed E-state index contributed by atoms with van der Waals surface area (Å²) in [6.45, 7) is 2.58. The smallest absolute Gasteiger partial charge is 0.225 e. The van der Waals surface area contributed by atoms with Gasteiger partial charge in [0.2, 0.25) is 5.91 Å². The lowest BCUT2D eigenvalue weighted by Crippen LogP contribution is -2.22. The molecule has 0 aliphatic carbocycles. The zero-order valence-corrected chi connectivity index (χ0v) is 15.1. The van der Waals surface area contributed by atoms with Crippen molar-refractivity contribution in [3.63, 3.8) is 0 Å². The number of hydrogen-bond donors (Lipinski definition) is 1. The largest absolute Gasteiger partial charge is 0.494 e. The number of halogens is 1. The molecule has 0 saturated carbocycles. The SMILES string of the molecule is CCOc1ccc([C@@H]2CC(=O)Nc3c(-c4ccc(F)cc4)csc32)cc1. The van der Waals surface area contributed by atoms with Crippen LogP contribution in [0.2, 0.25) is 0 Å². The Bertz CT molecular complexity index is 932. The van der Waals surface area contributed by atoms with Crippen LogP contribution in [0.1, 0.15) is 29.7 Å². The van der Waals surface area contributed by atoms with E-state index in [1.807, 2.05) is 36.6 Å². The standard InChI is InChI=1S/C21H18FNO2S/c1-2-25-16-9-5-13(6-10-16)17-11-19(24)23-20-18(12-26-21(17)20)14-3-7-15(22)8-4-14/h3-10,12,17H,2,11H2,1H3,(H,23,24)/t17-/m0/s1. The Hall–Kier alpha value is -2.66. The predicted octanol–water partition coefficient (Wildman–Crippen LogP) is 5.43. The van der Waals surface area contributed by atoms with E-state index in [2.05, 4.69) is 5.32 Å². The average molecular weight is 367 g/mol. The molecule has 26 heavy (non-hydrogen) atoms.